The first kappa shape index (κ1) is 21.6. The fourth-order valence-electron chi connectivity index (χ4n) is 2.86. The lowest BCUT2D eigenvalue weighted by Gasteiger charge is -2.14. The maximum absolute atomic E-state index is 12.3. The molecule has 0 atom stereocenters. The Hall–Kier alpha value is -2.08. The predicted octanol–water partition coefficient (Wildman–Crippen LogP) is 6.49. The average Bonchev–Trinajstić information content (AvgIpc) is 3.09. The second-order valence-electron chi connectivity index (χ2n) is 7.08. The Bertz CT molecular complexity index is 1020. The van der Waals surface area contributed by atoms with Crippen molar-refractivity contribution in [2.75, 3.05) is 11.9 Å². The predicted molar refractivity (Wildman–Crippen MR) is 121 cm³/mol. The van der Waals surface area contributed by atoms with Gasteiger partial charge in [-0.2, -0.15) is 0 Å². The van der Waals surface area contributed by atoms with Crippen LogP contribution in [-0.4, -0.2) is 17.5 Å². The van der Waals surface area contributed by atoms with Crippen LogP contribution >= 0.6 is 34.5 Å². The molecule has 29 heavy (non-hydrogen) atoms. The first-order valence-corrected chi connectivity index (χ1v) is 10.8. The molecule has 3 aromatic rings. The molecule has 0 fully saturated rings. The van der Waals surface area contributed by atoms with Gasteiger partial charge in [0.05, 0.1) is 0 Å². The minimum Gasteiger partial charge on any atom is -0.483 e. The van der Waals surface area contributed by atoms with Crippen LogP contribution in [0.3, 0.4) is 0 Å². The highest BCUT2D eigenvalue weighted by atomic mass is 35.5. The maximum atomic E-state index is 12.3. The number of hydrogen-bond acceptors (Lipinski definition) is 4. The highest BCUT2D eigenvalue weighted by Gasteiger charge is 2.12. The number of aromatic nitrogens is 1. The Morgan fingerprint density at radius 1 is 1.21 bits per heavy atom. The lowest BCUT2D eigenvalue weighted by molar-refractivity contribution is -0.118. The molecule has 1 heterocycles. The third kappa shape index (κ3) is 5.95. The third-order valence-corrected chi connectivity index (χ3v) is 5.84. The van der Waals surface area contributed by atoms with Gasteiger partial charge in [-0.25, -0.2) is 4.98 Å². The zero-order chi connectivity index (χ0) is 21.0. The number of carbonyl (C=O) groups excluding carboxylic acids is 1. The molecule has 0 aliphatic rings. The fourth-order valence-corrected chi connectivity index (χ4v) is 4.09. The molecular formula is C22H22Cl2N2O2S. The number of carbonyl (C=O) groups is 1. The van der Waals surface area contributed by atoms with Crippen molar-refractivity contribution in [3.05, 3.63) is 74.2 Å². The van der Waals surface area contributed by atoms with Crippen molar-refractivity contribution in [3.63, 3.8) is 0 Å². The molecule has 0 radical (unpaired) electrons. The van der Waals surface area contributed by atoms with Crippen LogP contribution in [0.2, 0.25) is 10.0 Å². The summed E-state index contributed by atoms with van der Waals surface area (Å²) in [5.41, 5.74) is 3.09. The van der Waals surface area contributed by atoms with Crippen LogP contribution in [0, 0.1) is 6.92 Å². The Balaban J connectivity index is 1.60. The molecule has 1 amide bonds. The van der Waals surface area contributed by atoms with Gasteiger partial charge in [0.15, 0.2) is 11.7 Å². The number of benzene rings is 2. The summed E-state index contributed by atoms with van der Waals surface area (Å²) in [4.78, 5) is 17.6. The number of anilines is 1. The third-order valence-electron chi connectivity index (χ3n) is 4.32. The van der Waals surface area contributed by atoms with Crippen LogP contribution in [0.25, 0.3) is 0 Å². The molecule has 152 valence electrons. The van der Waals surface area contributed by atoms with Gasteiger partial charge < -0.3 is 4.74 Å². The topological polar surface area (TPSA) is 51.2 Å². The minimum absolute atomic E-state index is 0.0712. The van der Waals surface area contributed by atoms with Crippen molar-refractivity contribution in [2.45, 2.75) is 33.1 Å². The molecule has 2 aromatic carbocycles. The Morgan fingerprint density at radius 2 is 2.00 bits per heavy atom. The largest absolute Gasteiger partial charge is 0.483 e. The van der Waals surface area contributed by atoms with E-state index in [0.717, 1.165) is 27.3 Å². The van der Waals surface area contributed by atoms with Crippen LogP contribution in [0.1, 0.15) is 41.3 Å². The zero-order valence-corrected chi connectivity index (χ0v) is 18.8. The van der Waals surface area contributed by atoms with E-state index >= 15 is 0 Å². The SMILES string of the molecule is Cc1ccc(C(C)C)c(OCC(=O)Nc2ncc(Cc3cc(Cl)ccc3Cl)s2)c1. The van der Waals surface area contributed by atoms with Crippen LogP contribution < -0.4 is 10.1 Å². The van der Waals surface area contributed by atoms with E-state index < -0.39 is 0 Å². The Labute approximate surface area is 184 Å². The highest BCUT2D eigenvalue weighted by molar-refractivity contribution is 7.15. The van der Waals surface area contributed by atoms with Crippen molar-refractivity contribution in [1.82, 2.24) is 4.98 Å². The van der Waals surface area contributed by atoms with E-state index in [-0.39, 0.29) is 12.5 Å². The molecular weight excluding hydrogens is 427 g/mol. The van der Waals surface area contributed by atoms with E-state index in [1.54, 1.807) is 18.3 Å². The van der Waals surface area contributed by atoms with Crippen LogP contribution in [-0.2, 0) is 11.2 Å². The number of ether oxygens (including phenoxy) is 1. The summed E-state index contributed by atoms with van der Waals surface area (Å²) in [6.07, 6.45) is 2.33. The smallest absolute Gasteiger partial charge is 0.264 e. The number of aryl methyl sites for hydroxylation is 1. The van der Waals surface area contributed by atoms with Gasteiger partial charge in [0, 0.05) is 27.5 Å². The van der Waals surface area contributed by atoms with E-state index in [1.807, 2.05) is 31.2 Å². The molecule has 0 bridgehead atoms. The van der Waals surface area contributed by atoms with Gasteiger partial charge in [0.2, 0.25) is 0 Å². The Morgan fingerprint density at radius 3 is 2.76 bits per heavy atom. The molecule has 1 aromatic heterocycles. The molecule has 0 aliphatic carbocycles. The number of thiazole rings is 1. The van der Waals surface area contributed by atoms with Crippen molar-refractivity contribution in [3.8, 4) is 5.75 Å². The summed E-state index contributed by atoms with van der Waals surface area (Å²) in [7, 11) is 0. The lowest BCUT2D eigenvalue weighted by atomic mass is 10.0. The summed E-state index contributed by atoms with van der Waals surface area (Å²) in [5, 5.41) is 4.61. The maximum Gasteiger partial charge on any atom is 0.264 e. The van der Waals surface area contributed by atoms with Crippen LogP contribution in [0.15, 0.2) is 42.6 Å². The van der Waals surface area contributed by atoms with E-state index in [9.17, 15) is 4.79 Å². The van der Waals surface area contributed by atoms with Gasteiger partial charge in [-0.3, -0.25) is 10.1 Å². The minimum atomic E-state index is -0.247. The summed E-state index contributed by atoms with van der Waals surface area (Å²) >= 11 is 13.7. The number of halogens is 2. The molecule has 0 saturated carbocycles. The Kier molecular flexibility index (Phi) is 7.17. The first-order chi connectivity index (χ1) is 13.8. The second kappa shape index (κ2) is 9.61. The molecule has 7 heteroatoms. The van der Waals surface area contributed by atoms with E-state index in [2.05, 4.69) is 24.1 Å². The molecule has 0 saturated heterocycles. The normalized spacial score (nSPS) is 11.0. The quantitative estimate of drug-likeness (QED) is 0.449. The number of hydrogen-bond donors (Lipinski definition) is 1. The molecule has 0 spiro atoms. The second-order valence-corrected chi connectivity index (χ2v) is 9.04. The van der Waals surface area contributed by atoms with Crippen LogP contribution in [0.5, 0.6) is 5.75 Å². The fraction of sp³-hybridized carbons (Fsp3) is 0.273. The van der Waals surface area contributed by atoms with Crippen molar-refractivity contribution in [1.29, 1.82) is 0 Å². The molecule has 0 aliphatic heterocycles. The van der Waals surface area contributed by atoms with Gasteiger partial charge in [-0.1, -0.05) is 49.2 Å². The van der Waals surface area contributed by atoms with Crippen molar-refractivity contribution >= 4 is 45.6 Å². The van der Waals surface area contributed by atoms with Crippen LogP contribution in [0.4, 0.5) is 5.13 Å². The standard InChI is InChI=1S/C22H22Cl2N2O2S/c1-13(2)18-6-4-14(3)8-20(18)28-12-21(27)26-22-25-11-17(29-22)10-15-9-16(23)5-7-19(15)24/h4-9,11,13H,10,12H2,1-3H3,(H,25,26,27). The first-order valence-electron chi connectivity index (χ1n) is 9.23. The van der Waals surface area contributed by atoms with E-state index in [0.29, 0.717) is 27.5 Å². The van der Waals surface area contributed by atoms with Crippen molar-refractivity contribution in [2.24, 2.45) is 0 Å². The molecule has 1 N–H and O–H groups in total. The van der Waals surface area contributed by atoms with Gasteiger partial charge in [-0.05, 0) is 53.8 Å². The summed E-state index contributed by atoms with van der Waals surface area (Å²) in [6, 6.07) is 11.4. The number of amides is 1. The summed E-state index contributed by atoms with van der Waals surface area (Å²) < 4.78 is 5.78. The van der Waals surface area contributed by atoms with E-state index in [1.165, 1.54) is 11.3 Å². The lowest BCUT2D eigenvalue weighted by Crippen LogP contribution is -2.20. The zero-order valence-electron chi connectivity index (χ0n) is 16.5. The summed E-state index contributed by atoms with van der Waals surface area (Å²) in [6.45, 7) is 6.13. The molecule has 4 nitrogen and oxygen atoms in total. The number of nitrogens with one attached hydrogen (secondary N) is 1. The highest BCUT2D eigenvalue weighted by Crippen LogP contribution is 2.28. The number of rotatable bonds is 7. The van der Waals surface area contributed by atoms with Gasteiger partial charge >= 0.3 is 0 Å². The van der Waals surface area contributed by atoms with Gasteiger partial charge in [-0.15, -0.1) is 11.3 Å². The molecule has 3 rings (SSSR count). The average molecular weight is 449 g/mol. The number of nitrogens with zero attached hydrogens (tertiary/aromatic N) is 1. The summed E-state index contributed by atoms with van der Waals surface area (Å²) in [5.74, 6) is 0.807. The monoisotopic (exact) mass is 448 g/mol. The van der Waals surface area contributed by atoms with Gasteiger partial charge in [0.25, 0.3) is 5.91 Å². The van der Waals surface area contributed by atoms with Crippen molar-refractivity contribution < 1.29 is 9.53 Å². The molecule has 0 unspecified atom stereocenters. The van der Waals surface area contributed by atoms with E-state index in [4.69, 9.17) is 27.9 Å². The van der Waals surface area contributed by atoms with Gasteiger partial charge in [0.1, 0.15) is 5.75 Å².